The third-order valence-corrected chi connectivity index (χ3v) is 6.22. The molecular formula is C15H16N4O6S2. The number of rotatable bonds is 6. The molecule has 0 bridgehead atoms. The van der Waals surface area contributed by atoms with E-state index >= 15 is 0 Å². The van der Waals surface area contributed by atoms with Crippen molar-refractivity contribution in [2.75, 3.05) is 21.2 Å². The fourth-order valence-electron chi connectivity index (χ4n) is 2.17. The lowest BCUT2D eigenvalue weighted by atomic mass is 10.1. The van der Waals surface area contributed by atoms with Gasteiger partial charge in [-0.3, -0.25) is 0 Å². The molecule has 144 valence electrons. The lowest BCUT2D eigenvalue weighted by molar-refractivity contribution is 0.415. The van der Waals surface area contributed by atoms with E-state index in [0.29, 0.717) is 9.84 Å². The fourth-order valence-corrected chi connectivity index (χ4v) is 3.70. The number of fused-ring (bicyclic) bond motifs is 1. The number of hydrogen-bond donors (Lipinski definition) is 0. The first-order valence-corrected chi connectivity index (χ1v) is 10.3. The van der Waals surface area contributed by atoms with Crippen LogP contribution in [0.4, 0.5) is 0 Å². The molecule has 0 atom stereocenters. The molecule has 0 aliphatic rings. The Balaban J connectivity index is 1.91. The van der Waals surface area contributed by atoms with Crippen molar-refractivity contribution < 1.29 is 25.8 Å². The van der Waals surface area contributed by atoms with Crippen molar-refractivity contribution in [3.05, 3.63) is 42.7 Å². The summed E-state index contributed by atoms with van der Waals surface area (Å²) >= 11 is 0. The maximum atomic E-state index is 12.4. The van der Waals surface area contributed by atoms with Gasteiger partial charge in [0, 0.05) is 14.1 Å². The third kappa shape index (κ3) is 3.72. The average molecular weight is 412 g/mol. The second kappa shape index (κ2) is 6.79. The SMILES string of the molecule is COc1ccc2cc(OS(=O)(=O)c3ncn(S(=O)(=O)N(C)C)n3)ccc2c1. The molecule has 0 unspecified atom stereocenters. The second-order valence-corrected chi connectivity index (χ2v) is 9.04. The van der Waals surface area contributed by atoms with Crippen molar-refractivity contribution in [2.24, 2.45) is 0 Å². The summed E-state index contributed by atoms with van der Waals surface area (Å²) in [5.41, 5.74) is 0. The van der Waals surface area contributed by atoms with E-state index in [1.807, 2.05) is 0 Å². The zero-order valence-corrected chi connectivity index (χ0v) is 16.2. The average Bonchev–Trinajstić information content (AvgIpc) is 3.12. The monoisotopic (exact) mass is 412 g/mol. The van der Waals surface area contributed by atoms with Gasteiger partial charge >= 0.3 is 25.5 Å². The summed E-state index contributed by atoms with van der Waals surface area (Å²) in [5, 5.41) is 4.31. The second-order valence-electron chi connectivity index (χ2n) is 5.60. The fraction of sp³-hybridized carbons (Fsp3) is 0.200. The van der Waals surface area contributed by atoms with Gasteiger partial charge in [-0.15, -0.1) is 9.19 Å². The number of ether oxygens (including phenoxy) is 1. The molecule has 0 aliphatic heterocycles. The van der Waals surface area contributed by atoms with Crippen molar-refractivity contribution in [2.45, 2.75) is 5.16 Å². The van der Waals surface area contributed by atoms with E-state index in [1.165, 1.54) is 26.2 Å². The molecule has 0 saturated heterocycles. The first kappa shape index (κ1) is 19.1. The zero-order valence-electron chi connectivity index (χ0n) is 14.6. The Hall–Kier alpha value is -2.70. The number of nitrogens with zero attached hydrogens (tertiary/aromatic N) is 4. The van der Waals surface area contributed by atoms with E-state index < -0.39 is 25.5 Å². The first-order valence-electron chi connectivity index (χ1n) is 7.50. The van der Waals surface area contributed by atoms with Gasteiger partial charge in [0.25, 0.3) is 0 Å². The summed E-state index contributed by atoms with van der Waals surface area (Å²) in [7, 11) is -4.27. The summed E-state index contributed by atoms with van der Waals surface area (Å²) in [4.78, 5) is 3.53. The third-order valence-electron chi connectivity index (χ3n) is 3.60. The quantitative estimate of drug-likeness (QED) is 0.547. The van der Waals surface area contributed by atoms with Crippen molar-refractivity contribution in [3.8, 4) is 11.5 Å². The lowest BCUT2D eigenvalue weighted by Crippen LogP contribution is -2.29. The van der Waals surface area contributed by atoms with Gasteiger partial charge in [0.05, 0.1) is 7.11 Å². The maximum absolute atomic E-state index is 12.4. The van der Waals surface area contributed by atoms with Gasteiger partial charge in [0.2, 0.25) is 0 Å². The highest BCUT2D eigenvalue weighted by Gasteiger charge is 2.26. The molecule has 12 heteroatoms. The lowest BCUT2D eigenvalue weighted by Gasteiger charge is -2.09. The van der Waals surface area contributed by atoms with Gasteiger partial charge in [-0.25, -0.2) is 4.98 Å². The van der Waals surface area contributed by atoms with Gasteiger partial charge in [0.1, 0.15) is 17.8 Å². The maximum Gasteiger partial charge on any atom is 0.377 e. The normalized spacial score (nSPS) is 12.4. The predicted octanol–water partition coefficient (Wildman–Crippen LogP) is 0.862. The topological polar surface area (TPSA) is 121 Å². The van der Waals surface area contributed by atoms with Crippen LogP contribution in [0.15, 0.2) is 47.9 Å². The number of methoxy groups -OCH3 is 1. The van der Waals surface area contributed by atoms with E-state index in [9.17, 15) is 16.8 Å². The van der Waals surface area contributed by atoms with Crippen LogP contribution in [0.5, 0.6) is 11.5 Å². The highest BCUT2D eigenvalue weighted by atomic mass is 32.2. The Morgan fingerprint density at radius 1 is 0.963 bits per heavy atom. The minimum Gasteiger partial charge on any atom is -0.497 e. The molecular weight excluding hydrogens is 396 g/mol. The van der Waals surface area contributed by atoms with Crippen LogP contribution in [-0.4, -0.2) is 56.5 Å². The molecule has 0 N–H and O–H groups in total. The van der Waals surface area contributed by atoms with Gasteiger partial charge < -0.3 is 8.92 Å². The smallest absolute Gasteiger partial charge is 0.377 e. The summed E-state index contributed by atoms with van der Waals surface area (Å²) in [6.45, 7) is 0. The molecule has 0 aliphatic carbocycles. The molecule has 27 heavy (non-hydrogen) atoms. The minimum atomic E-state index is -4.41. The van der Waals surface area contributed by atoms with Crippen molar-refractivity contribution in [1.29, 1.82) is 0 Å². The summed E-state index contributed by atoms with van der Waals surface area (Å²) < 4.78 is 60.2. The van der Waals surface area contributed by atoms with Crippen LogP contribution in [0.3, 0.4) is 0 Å². The zero-order chi connectivity index (χ0) is 19.8. The number of benzene rings is 2. The molecule has 0 amide bonds. The van der Waals surface area contributed by atoms with Crippen LogP contribution in [0, 0.1) is 0 Å². The van der Waals surface area contributed by atoms with Crippen LogP contribution in [0.25, 0.3) is 10.8 Å². The van der Waals surface area contributed by atoms with Crippen molar-refractivity contribution in [3.63, 3.8) is 0 Å². The number of aromatic nitrogens is 3. The van der Waals surface area contributed by atoms with Crippen LogP contribution in [0.2, 0.25) is 0 Å². The Labute approximate surface area is 156 Å². The van der Waals surface area contributed by atoms with Crippen LogP contribution < -0.4 is 8.92 Å². The standard InChI is InChI=1S/C15H16N4O6S2/c1-18(2)27(22,23)19-10-16-15(17-19)26(20,21)25-14-7-5-11-8-13(24-3)6-4-12(11)9-14/h4-10H,1-3H3. The van der Waals surface area contributed by atoms with E-state index in [1.54, 1.807) is 31.4 Å². The minimum absolute atomic E-state index is 0.0412. The van der Waals surface area contributed by atoms with Crippen molar-refractivity contribution >= 4 is 31.1 Å². The molecule has 1 heterocycles. The van der Waals surface area contributed by atoms with Crippen molar-refractivity contribution in [1.82, 2.24) is 18.5 Å². The Morgan fingerprint density at radius 2 is 1.56 bits per heavy atom. The molecule has 10 nitrogen and oxygen atoms in total. The van der Waals surface area contributed by atoms with E-state index in [2.05, 4.69) is 10.1 Å². The highest BCUT2D eigenvalue weighted by molar-refractivity contribution is 7.87. The number of hydrogen-bond acceptors (Lipinski definition) is 8. The highest BCUT2D eigenvalue weighted by Crippen LogP contribution is 2.26. The van der Waals surface area contributed by atoms with E-state index in [4.69, 9.17) is 8.92 Å². The van der Waals surface area contributed by atoms with Gasteiger partial charge in [-0.1, -0.05) is 12.1 Å². The molecule has 1 aromatic heterocycles. The Bertz CT molecular complexity index is 1200. The van der Waals surface area contributed by atoms with Gasteiger partial charge in [0.15, 0.2) is 0 Å². The largest absolute Gasteiger partial charge is 0.497 e. The summed E-state index contributed by atoms with van der Waals surface area (Å²) in [6, 6.07) is 9.95. The summed E-state index contributed by atoms with van der Waals surface area (Å²) in [5.74, 6) is 0.708. The molecule has 3 aromatic rings. The molecule has 0 spiro atoms. The Morgan fingerprint density at radius 3 is 2.15 bits per heavy atom. The van der Waals surface area contributed by atoms with E-state index in [-0.39, 0.29) is 5.75 Å². The first-order chi connectivity index (χ1) is 12.6. The molecule has 3 rings (SSSR count). The van der Waals surface area contributed by atoms with Gasteiger partial charge in [-0.2, -0.15) is 21.1 Å². The summed E-state index contributed by atoms with van der Waals surface area (Å²) in [6.07, 6.45) is 0.790. The van der Waals surface area contributed by atoms with Gasteiger partial charge in [-0.05, 0) is 35.0 Å². The molecule has 0 radical (unpaired) electrons. The van der Waals surface area contributed by atoms with Crippen LogP contribution in [-0.2, 0) is 20.3 Å². The Kier molecular flexibility index (Phi) is 4.80. The predicted molar refractivity (Wildman–Crippen MR) is 96.3 cm³/mol. The van der Waals surface area contributed by atoms with Crippen LogP contribution >= 0.6 is 0 Å². The van der Waals surface area contributed by atoms with E-state index in [0.717, 1.165) is 21.4 Å². The molecule has 0 fully saturated rings. The molecule has 2 aromatic carbocycles. The van der Waals surface area contributed by atoms with Crippen LogP contribution in [0.1, 0.15) is 0 Å². The molecule has 0 saturated carbocycles.